The molecule has 0 N–H and O–H groups in total. The van der Waals surface area contributed by atoms with Crippen molar-refractivity contribution in [2.24, 2.45) is 0 Å². The smallest absolute Gasteiger partial charge is 0.180 e. The number of hydrogen-bond acceptors (Lipinski definition) is 3. The summed E-state index contributed by atoms with van der Waals surface area (Å²) in [4.78, 5) is 0.347. The maximum absolute atomic E-state index is 12.8. The molecule has 3 aromatic carbocycles. The van der Waals surface area contributed by atoms with Gasteiger partial charge in [-0.15, -0.1) is 0 Å². The second kappa shape index (κ2) is 8.05. The quantitative estimate of drug-likeness (QED) is 0.456. The van der Waals surface area contributed by atoms with E-state index in [9.17, 15) is 8.42 Å². The van der Waals surface area contributed by atoms with Crippen molar-refractivity contribution in [1.29, 1.82) is 0 Å². The van der Waals surface area contributed by atoms with Crippen molar-refractivity contribution < 1.29 is 8.42 Å². The van der Waals surface area contributed by atoms with Crippen molar-refractivity contribution in [2.75, 3.05) is 5.75 Å². The van der Waals surface area contributed by atoms with E-state index in [1.807, 2.05) is 85.8 Å². The fourth-order valence-electron chi connectivity index (χ4n) is 3.25. The first-order valence-electron chi connectivity index (χ1n) is 9.51. The summed E-state index contributed by atoms with van der Waals surface area (Å²) in [5.74, 6) is -0.00813. The van der Waals surface area contributed by atoms with Gasteiger partial charge in [-0.25, -0.2) is 8.42 Å². The van der Waals surface area contributed by atoms with Crippen LogP contribution in [0.2, 0.25) is 0 Å². The Morgan fingerprint density at radius 1 is 0.793 bits per heavy atom. The lowest BCUT2D eigenvalue weighted by Gasteiger charge is -2.09. The van der Waals surface area contributed by atoms with Gasteiger partial charge >= 0.3 is 0 Å². The molecule has 0 saturated heterocycles. The number of sulfone groups is 1. The second-order valence-corrected chi connectivity index (χ2v) is 9.11. The Balaban J connectivity index is 1.67. The average Bonchev–Trinajstić information content (AvgIpc) is 3.18. The topological polar surface area (TPSA) is 52.0 Å². The Labute approximate surface area is 171 Å². The molecule has 0 spiro atoms. The summed E-state index contributed by atoms with van der Waals surface area (Å²) >= 11 is 0. The SMILES string of the molecule is Cc1ccc(S(=O)(=O)CCn2nc(-c3ccccc3)cc2-c2ccccc2)cc1. The first kappa shape index (κ1) is 19.2. The van der Waals surface area contributed by atoms with Gasteiger partial charge in [-0.3, -0.25) is 4.68 Å². The molecule has 0 aliphatic carbocycles. The highest BCUT2D eigenvalue weighted by molar-refractivity contribution is 7.91. The molecule has 0 aliphatic rings. The van der Waals surface area contributed by atoms with E-state index in [-0.39, 0.29) is 12.3 Å². The minimum Gasteiger partial charge on any atom is -0.263 e. The fraction of sp³-hybridized carbons (Fsp3) is 0.125. The van der Waals surface area contributed by atoms with Crippen molar-refractivity contribution in [1.82, 2.24) is 9.78 Å². The zero-order valence-corrected chi connectivity index (χ0v) is 17.0. The van der Waals surface area contributed by atoms with E-state index in [4.69, 9.17) is 5.10 Å². The van der Waals surface area contributed by atoms with Gasteiger partial charge in [0.2, 0.25) is 0 Å². The minimum absolute atomic E-state index is 0.00813. The van der Waals surface area contributed by atoms with Gasteiger partial charge in [0.05, 0.1) is 28.6 Å². The molecule has 0 amide bonds. The van der Waals surface area contributed by atoms with Crippen LogP contribution in [0.3, 0.4) is 0 Å². The minimum atomic E-state index is -3.39. The third kappa shape index (κ3) is 4.30. The highest BCUT2D eigenvalue weighted by atomic mass is 32.2. The Hall–Kier alpha value is -3.18. The predicted octanol–water partition coefficient (Wildman–Crippen LogP) is 5.00. The predicted molar refractivity (Wildman–Crippen MR) is 116 cm³/mol. The van der Waals surface area contributed by atoms with Gasteiger partial charge < -0.3 is 0 Å². The number of hydrogen-bond donors (Lipinski definition) is 0. The molecule has 0 atom stereocenters. The number of aromatic nitrogens is 2. The van der Waals surface area contributed by atoms with Crippen molar-refractivity contribution in [2.45, 2.75) is 18.4 Å². The van der Waals surface area contributed by atoms with Crippen molar-refractivity contribution >= 4 is 9.84 Å². The fourth-order valence-corrected chi connectivity index (χ4v) is 4.45. The summed E-state index contributed by atoms with van der Waals surface area (Å²) in [7, 11) is -3.39. The van der Waals surface area contributed by atoms with E-state index in [2.05, 4.69) is 0 Å². The van der Waals surface area contributed by atoms with E-state index < -0.39 is 9.84 Å². The van der Waals surface area contributed by atoms with Crippen LogP contribution in [0.25, 0.3) is 22.5 Å². The lowest BCUT2D eigenvalue weighted by Crippen LogP contribution is -2.15. The van der Waals surface area contributed by atoms with Gasteiger partial charge in [-0.05, 0) is 30.7 Å². The molecule has 0 radical (unpaired) electrons. The van der Waals surface area contributed by atoms with E-state index in [0.717, 1.165) is 28.1 Å². The van der Waals surface area contributed by atoms with Crippen molar-refractivity contribution in [3.63, 3.8) is 0 Å². The van der Waals surface area contributed by atoms with E-state index in [1.54, 1.807) is 16.8 Å². The van der Waals surface area contributed by atoms with Gasteiger partial charge in [-0.2, -0.15) is 5.10 Å². The molecular weight excluding hydrogens is 380 g/mol. The van der Waals surface area contributed by atoms with Crippen LogP contribution in [0.15, 0.2) is 95.9 Å². The molecule has 146 valence electrons. The van der Waals surface area contributed by atoms with E-state index in [0.29, 0.717) is 4.90 Å². The number of nitrogens with zero attached hydrogens (tertiary/aromatic N) is 2. The molecule has 0 unspecified atom stereocenters. The molecule has 4 rings (SSSR count). The Kier molecular flexibility index (Phi) is 5.32. The van der Waals surface area contributed by atoms with Gasteiger partial charge in [0.1, 0.15) is 0 Å². The second-order valence-electron chi connectivity index (χ2n) is 7.00. The first-order valence-corrected chi connectivity index (χ1v) is 11.2. The summed E-state index contributed by atoms with van der Waals surface area (Å²) in [6.45, 7) is 2.23. The molecule has 0 saturated carbocycles. The molecule has 0 bridgehead atoms. The van der Waals surface area contributed by atoms with Crippen LogP contribution in [0.5, 0.6) is 0 Å². The van der Waals surface area contributed by atoms with Crippen LogP contribution >= 0.6 is 0 Å². The monoisotopic (exact) mass is 402 g/mol. The summed E-state index contributed by atoms with van der Waals surface area (Å²) in [5.41, 5.74) is 4.79. The highest BCUT2D eigenvalue weighted by Crippen LogP contribution is 2.26. The largest absolute Gasteiger partial charge is 0.263 e. The molecule has 1 heterocycles. The van der Waals surface area contributed by atoms with E-state index >= 15 is 0 Å². The van der Waals surface area contributed by atoms with Crippen LogP contribution < -0.4 is 0 Å². The Morgan fingerprint density at radius 2 is 1.38 bits per heavy atom. The van der Waals surface area contributed by atoms with Gasteiger partial charge in [0.25, 0.3) is 0 Å². The Morgan fingerprint density at radius 3 is 2.00 bits per heavy atom. The number of benzene rings is 3. The van der Waals surface area contributed by atoms with Crippen LogP contribution in [0.4, 0.5) is 0 Å². The molecule has 5 heteroatoms. The molecule has 29 heavy (non-hydrogen) atoms. The van der Waals surface area contributed by atoms with Crippen LogP contribution in [-0.2, 0) is 16.4 Å². The lowest BCUT2D eigenvalue weighted by atomic mass is 10.1. The van der Waals surface area contributed by atoms with Gasteiger partial charge in [-0.1, -0.05) is 78.4 Å². The van der Waals surface area contributed by atoms with Crippen LogP contribution in [-0.4, -0.2) is 24.0 Å². The summed E-state index contributed by atoms with van der Waals surface area (Å²) in [6.07, 6.45) is 0. The highest BCUT2D eigenvalue weighted by Gasteiger charge is 2.17. The molecule has 0 aliphatic heterocycles. The first-order chi connectivity index (χ1) is 14.0. The maximum Gasteiger partial charge on any atom is 0.180 e. The van der Waals surface area contributed by atoms with Crippen molar-refractivity contribution in [3.8, 4) is 22.5 Å². The maximum atomic E-state index is 12.8. The lowest BCUT2D eigenvalue weighted by molar-refractivity contribution is 0.582. The zero-order valence-electron chi connectivity index (χ0n) is 16.2. The van der Waals surface area contributed by atoms with Crippen LogP contribution in [0, 0.1) is 6.92 Å². The molecule has 1 aromatic heterocycles. The summed E-state index contributed by atoms with van der Waals surface area (Å²) in [5, 5.41) is 4.72. The van der Waals surface area contributed by atoms with E-state index in [1.165, 1.54) is 0 Å². The average molecular weight is 403 g/mol. The zero-order chi connectivity index (χ0) is 20.3. The van der Waals surface area contributed by atoms with Gasteiger partial charge in [0, 0.05) is 5.56 Å². The molecule has 4 aromatic rings. The normalized spacial score (nSPS) is 11.5. The van der Waals surface area contributed by atoms with Gasteiger partial charge in [0.15, 0.2) is 9.84 Å². The standard InChI is InChI=1S/C24H22N2O2S/c1-19-12-14-22(15-13-19)29(27,28)17-16-26-24(21-10-6-3-7-11-21)18-23(25-26)20-8-4-2-5-9-20/h2-15,18H,16-17H2,1H3. The molecule has 4 nitrogen and oxygen atoms in total. The third-order valence-corrected chi connectivity index (χ3v) is 6.58. The molecule has 0 fully saturated rings. The third-order valence-electron chi connectivity index (χ3n) is 4.87. The Bertz CT molecular complexity index is 1200. The summed E-state index contributed by atoms with van der Waals surface area (Å²) < 4.78 is 27.4. The summed E-state index contributed by atoms with van der Waals surface area (Å²) in [6, 6.07) is 28.8. The number of aryl methyl sites for hydroxylation is 2. The van der Waals surface area contributed by atoms with Crippen LogP contribution in [0.1, 0.15) is 5.56 Å². The van der Waals surface area contributed by atoms with Crippen molar-refractivity contribution in [3.05, 3.63) is 96.6 Å². The molecular formula is C24H22N2O2S. The number of rotatable bonds is 6.